The number of amides is 1. The monoisotopic (exact) mass is 266 g/mol. The van der Waals surface area contributed by atoms with E-state index in [0.717, 1.165) is 11.3 Å². The van der Waals surface area contributed by atoms with Gasteiger partial charge in [-0.1, -0.05) is 6.07 Å². The summed E-state index contributed by atoms with van der Waals surface area (Å²) in [7, 11) is 0. The number of carbonyl (C=O) groups excluding carboxylic acids is 1. The highest BCUT2D eigenvalue weighted by atomic mass is 32.2. The normalized spacial score (nSPS) is 19.6. The van der Waals surface area contributed by atoms with E-state index in [9.17, 15) is 9.59 Å². The van der Waals surface area contributed by atoms with Crippen molar-refractivity contribution in [2.45, 2.75) is 12.5 Å². The molecule has 1 aliphatic heterocycles. The number of hydrogen-bond acceptors (Lipinski definition) is 4. The highest BCUT2D eigenvalue weighted by Gasteiger charge is 2.32. The number of nitrogens with zero attached hydrogens (tertiary/aromatic N) is 2. The van der Waals surface area contributed by atoms with Crippen LogP contribution in [0.2, 0.25) is 0 Å². The van der Waals surface area contributed by atoms with Gasteiger partial charge < -0.3 is 10.0 Å². The van der Waals surface area contributed by atoms with Crippen LogP contribution in [0.15, 0.2) is 24.5 Å². The molecule has 18 heavy (non-hydrogen) atoms. The minimum Gasteiger partial charge on any atom is -0.480 e. The Balaban J connectivity index is 2.05. The zero-order valence-electron chi connectivity index (χ0n) is 9.78. The second-order valence-corrected chi connectivity index (χ2v) is 5.20. The summed E-state index contributed by atoms with van der Waals surface area (Å²) in [6, 6.07) is 2.89. The maximum atomic E-state index is 12.1. The van der Waals surface area contributed by atoms with Gasteiger partial charge in [-0.05, 0) is 11.6 Å². The molecule has 0 bridgehead atoms. The molecule has 2 rings (SSSR count). The molecule has 6 heteroatoms. The molecule has 1 unspecified atom stereocenters. The van der Waals surface area contributed by atoms with E-state index in [-0.39, 0.29) is 12.3 Å². The van der Waals surface area contributed by atoms with Crippen molar-refractivity contribution in [3.05, 3.63) is 30.1 Å². The zero-order valence-corrected chi connectivity index (χ0v) is 10.6. The number of thioether (sulfide) groups is 1. The molecule has 1 aromatic heterocycles. The van der Waals surface area contributed by atoms with Crippen LogP contribution >= 0.6 is 11.8 Å². The van der Waals surface area contributed by atoms with Gasteiger partial charge in [0.05, 0.1) is 6.42 Å². The number of aliphatic carboxylic acids is 1. The van der Waals surface area contributed by atoms with Crippen LogP contribution in [0.25, 0.3) is 0 Å². The molecule has 1 fully saturated rings. The summed E-state index contributed by atoms with van der Waals surface area (Å²) < 4.78 is 0. The van der Waals surface area contributed by atoms with Crippen LogP contribution in [-0.2, 0) is 16.0 Å². The van der Waals surface area contributed by atoms with Gasteiger partial charge in [0, 0.05) is 30.4 Å². The maximum Gasteiger partial charge on any atom is 0.327 e. The molecule has 0 aromatic carbocycles. The second kappa shape index (κ2) is 5.86. The number of carbonyl (C=O) groups is 2. The quantitative estimate of drug-likeness (QED) is 0.870. The number of pyridine rings is 1. The van der Waals surface area contributed by atoms with E-state index in [4.69, 9.17) is 5.11 Å². The fourth-order valence-corrected chi connectivity index (χ4v) is 2.92. The van der Waals surface area contributed by atoms with Gasteiger partial charge in [-0.3, -0.25) is 9.78 Å². The number of carboxylic acids is 1. The largest absolute Gasteiger partial charge is 0.480 e. The van der Waals surface area contributed by atoms with Gasteiger partial charge >= 0.3 is 5.97 Å². The fraction of sp³-hybridized carbons (Fsp3) is 0.417. The Kier molecular flexibility index (Phi) is 4.19. The Hall–Kier alpha value is -1.56. The predicted molar refractivity (Wildman–Crippen MR) is 68.4 cm³/mol. The molecular weight excluding hydrogens is 252 g/mol. The summed E-state index contributed by atoms with van der Waals surface area (Å²) in [4.78, 5) is 28.6. The minimum atomic E-state index is -0.929. The lowest BCUT2D eigenvalue weighted by atomic mass is 10.1. The van der Waals surface area contributed by atoms with Gasteiger partial charge in [0.2, 0.25) is 5.91 Å². The minimum absolute atomic E-state index is 0.143. The summed E-state index contributed by atoms with van der Waals surface area (Å²) in [6.45, 7) is 0.501. The second-order valence-electron chi connectivity index (χ2n) is 4.05. The summed E-state index contributed by atoms with van der Waals surface area (Å²) in [6.07, 6.45) is 3.49. The Labute approximate surface area is 109 Å². The number of aromatic nitrogens is 1. The van der Waals surface area contributed by atoms with Crippen LogP contribution in [-0.4, -0.2) is 51.0 Å². The number of hydrogen-bond donors (Lipinski definition) is 1. The molecule has 1 aliphatic rings. The molecule has 1 N–H and O–H groups in total. The Morgan fingerprint density at radius 1 is 1.56 bits per heavy atom. The molecule has 0 radical (unpaired) electrons. The topological polar surface area (TPSA) is 70.5 Å². The molecule has 2 heterocycles. The predicted octanol–water partition coefficient (Wildman–Crippen LogP) is 0.653. The molecule has 1 atom stereocenters. The fourth-order valence-electron chi connectivity index (χ4n) is 1.89. The molecule has 0 aliphatic carbocycles. The average Bonchev–Trinajstić information content (AvgIpc) is 2.40. The molecule has 0 saturated carbocycles. The van der Waals surface area contributed by atoms with Gasteiger partial charge in [0.15, 0.2) is 0 Å². The third-order valence-corrected chi connectivity index (χ3v) is 3.83. The van der Waals surface area contributed by atoms with Crippen molar-refractivity contribution in [3.8, 4) is 0 Å². The lowest BCUT2D eigenvalue weighted by molar-refractivity contribution is -0.148. The first-order chi connectivity index (χ1) is 8.68. The number of rotatable bonds is 3. The lowest BCUT2D eigenvalue weighted by Gasteiger charge is -2.32. The van der Waals surface area contributed by atoms with Crippen LogP contribution in [0.1, 0.15) is 5.56 Å². The summed E-state index contributed by atoms with van der Waals surface area (Å²) in [5.41, 5.74) is 0.810. The summed E-state index contributed by atoms with van der Waals surface area (Å²) in [5.74, 6) is 0.189. The van der Waals surface area contributed by atoms with Crippen molar-refractivity contribution in [2.75, 3.05) is 18.1 Å². The molecule has 96 valence electrons. The van der Waals surface area contributed by atoms with Crippen LogP contribution in [0.5, 0.6) is 0 Å². The lowest BCUT2D eigenvalue weighted by Crippen LogP contribution is -2.50. The van der Waals surface area contributed by atoms with Crippen molar-refractivity contribution in [2.24, 2.45) is 0 Å². The number of carboxylic acid groups (broad SMARTS) is 1. The van der Waals surface area contributed by atoms with Crippen molar-refractivity contribution in [1.82, 2.24) is 9.88 Å². The van der Waals surface area contributed by atoms with E-state index in [1.54, 1.807) is 30.2 Å². The third-order valence-electron chi connectivity index (χ3n) is 2.81. The van der Waals surface area contributed by atoms with Crippen molar-refractivity contribution in [3.63, 3.8) is 0 Å². The van der Waals surface area contributed by atoms with Gasteiger partial charge in [-0.2, -0.15) is 11.8 Å². The van der Waals surface area contributed by atoms with Gasteiger partial charge in [-0.25, -0.2) is 4.79 Å². The van der Waals surface area contributed by atoms with Gasteiger partial charge in [0.25, 0.3) is 0 Å². The van der Waals surface area contributed by atoms with Gasteiger partial charge in [-0.15, -0.1) is 0 Å². The van der Waals surface area contributed by atoms with E-state index in [1.807, 2.05) is 6.07 Å². The molecule has 0 spiro atoms. The van der Waals surface area contributed by atoms with Crippen molar-refractivity contribution >= 4 is 23.6 Å². The Bertz CT molecular complexity index is 438. The maximum absolute atomic E-state index is 12.1. The standard InChI is InChI=1S/C12H14N2O3S/c15-11(6-9-2-1-3-13-7-9)14-4-5-18-8-10(14)12(16)17/h1-3,7,10H,4-6,8H2,(H,16,17). The van der Waals surface area contributed by atoms with Crippen LogP contribution in [0, 0.1) is 0 Å². The van der Waals surface area contributed by atoms with Crippen molar-refractivity contribution < 1.29 is 14.7 Å². The summed E-state index contributed by atoms with van der Waals surface area (Å²) >= 11 is 1.57. The first-order valence-electron chi connectivity index (χ1n) is 5.67. The van der Waals surface area contributed by atoms with E-state index in [0.29, 0.717) is 12.3 Å². The van der Waals surface area contributed by atoms with E-state index in [1.165, 1.54) is 4.90 Å². The Morgan fingerprint density at radius 3 is 3.06 bits per heavy atom. The van der Waals surface area contributed by atoms with Crippen LogP contribution in [0.4, 0.5) is 0 Å². The van der Waals surface area contributed by atoms with Gasteiger partial charge in [0.1, 0.15) is 6.04 Å². The third kappa shape index (κ3) is 3.01. The molecule has 5 nitrogen and oxygen atoms in total. The van der Waals surface area contributed by atoms with Crippen LogP contribution < -0.4 is 0 Å². The van der Waals surface area contributed by atoms with Crippen molar-refractivity contribution in [1.29, 1.82) is 0 Å². The first-order valence-corrected chi connectivity index (χ1v) is 6.83. The average molecular weight is 266 g/mol. The highest BCUT2D eigenvalue weighted by molar-refractivity contribution is 7.99. The zero-order chi connectivity index (χ0) is 13.0. The Morgan fingerprint density at radius 2 is 2.39 bits per heavy atom. The van der Waals surface area contributed by atoms with E-state index < -0.39 is 12.0 Å². The van der Waals surface area contributed by atoms with E-state index >= 15 is 0 Å². The molecule has 1 amide bonds. The smallest absolute Gasteiger partial charge is 0.327 e. The molecular formula is C12H14N2O3S. The SMILES string of the molecule is O=C(O)C1CSCCN1C(=O)Cc1cccnc1. The van der Waals surface area contributed by atoms with E-state index in [2.05, 4.69) is 4.98 Å². The summed E-state index contributed by atoms with van der Waals surface area (Å²) in [5, 5.41) is 9.10. The first kappa shape index (κ1) is 12.9. The molecule has 1 aromatic rings. The molecule has 1 saturated heterocycles. The van der Waals surface area contributed by atoms with Crippen LogP contribution in [0.3, 0.4) is 0 Å². The highest BCUT2D eigenvalue weighted by Crippen LogP contribution is 2.17.